The van der Waals surface area contributed by atoms with Crippen LogP contribution in [0.4, 0.5) is 0 Å². The van der Waals surface area contributed by atoms with Gasteiger partial charge in [0.15, 0.2) is 0 Å². The first-order valence-electron chi connectivity index (χ1n) is 5.97. The topological polar surface area (TPSA) is 70.7 Å². The van der Waals surface area contributed by atoms with Crippen LogP contribution >= 0.6 is 11.6 Å². The molecule has 1 atom stereocenters. The van der Waals surface area contributed by atoms with Crippen LogP contribution in [0.2, 0.25) is 5.02 Å². The molecule has 0 saturated heterocycles. The summed E-state index contributed by atoms with van der Waals surface area (Å²) < 4.78 is 1.56. The highest BCUT2D eigenvalue weighted by molar-refractivity contribution is 6.30. The monoisotopic (exact) mass is 288 g/mol. The van der Waals surface area contributed by atoms with E-state index in [0.29, 0.717) is 21.8 Å². The summed E-state index contributed by atoms with van der Waals surface area (Å²) in [5.74, 6) is -0.331. The maximum absolute atomic E-state index is 12.2. The fourth-order valence-corrected chi connectivity index (χ4v) is 2.11. The van der Waals surface area contributed by atoms with Gasteiger partial charge in [0.25, 0.3) is 5.91 Å². The van der Waals surface area contributed by atoms with Gasteiger partial charge < -0.3 is 5.32 Å². The third kappa shape index (κ3) is 2.98. The molecule has 0 fully saturated rings. The van der Waals surface area contributed by atoms with Crippen molar-refractivity contribution in [3.63, 3.8) is 0 Å². The average Bonchev–Trinajstić information content (AvgIpc) is 2.75. The summed E-state index contributed by atoms with van der Waals surface area (Å²) in [4.78, 5) is 12.2. The van der Waals surface area contributed by atoms with Crippen LogP contribution < -0.4 is 5.32 Å². The molecular formula is C14H13ClN4O. The minimum atomic E-state index is -0.749. The van der Waals surface area contributed by atoms with E-state index >= 15 is 0 Å². The van der Waals surface area contributed by atoms with Crippen molar-refractivity contribution >= 4 is 17.5 Å². The quantitative estimate of drug-likeness (QED) is 0.942. The molecule has 102 valence electrons. The fourth-order valence-electron chi connectivity index (χ4n) is 1.91. The molecule has 5 nitrogen and oxygen atoms in total. The maximum Gasteiger partial charge on any atom is 0.256 e. The van der Waals surface area contributed by atoms with E-state index in [2.05, 4.69) is 16.5 Å². The van der Waals surface area contributed by atoms with Gasteiger partial charge in [0, 0.05) is 18.3 Å². The number of hydrogen-bond donors (Lipinski definition) is 1. The number of rotatable bonds is 3. The number of carbonyl (C=O) groups excluding carboxylic acids is 1. The van der Waals surface area contributed by atoms with E-state index in [1.807, 2.05) is 0 Å². The Balaban J connectivity index is 2.21. The zero-order valence-electron chi connectivity index (χ0n) is 11.1. The predicted molar refractivity (Wildman–Crippen MR) is 75.2 cm³/mol. The Morgan fingerprint density at radius 1 is 1.55 bits per heavy atom. The van der Waals surface area contributed by atoms with Crippen molar-refractivity contribution in [2.75, 3.05) is 0 Å². The van der Waals surface area contributed by atoms with Crippen molar-refractivity contribution in [2.24, 2.45) is 7.05 Å². The van der Waals surface area contributed by atoms with Gasteiger partial charge in [0.2, 0.25) is 0 Å². The highest BCUT2D eigenvalue weighted by Crippen LogP contribution is 2.18. The Bertz CT molecular complexity index is 687. The number of aromatic nitrogens is 2. The number of nitrogens with one attached hydrogen (secondary N) is 1. The molecular weight excluding hydrogens is 276 g/mol. The molecule has 0 radical (unpaired) electrons. The van der Waals surface area contributed by atoms with Crippen LogP contribution in [0.3, 0.4) is 0 Å². The van der Waals surface area contributed by atoms with Gasteiger partial charge in [0.05, 0.1) is 17.3 Å². The van der Waals surface area contributed by atoms with Crippen LogP contribution in [-0.4, -0.2) is 15.7 Å². The molecule has 6 heteroatoms. The van der Waals surface area contributed by atoms with Crippen molar-refractivity contribution in [3.8, 4) is 6.07 Å². The predicted octanol–water partition coefficient (Wildman–Crippen LogP) is 2.38. The summed E-state index contributed by atoms with van der Waals surface area (Å²) >= 11 is 5.89. The van der Waals surface area contributed by atoms with Gasteiger partial charge in [0.1, 0.15) is 6.04 Å². The molecule has 1 N–H and O–H groups in total. The zero-order valence-corrected chi connectivity index (χ0v) is 11.8. The van der Waals surface area contributed by atoms with Crippen molar-refractivity contribution < 1.29 is 4.79 Å². The normalized spacial score (nSPS) is 11.7. The number of halogens is 1. The fraction of sp³-hybridized carbons (Fsp3) is 0.214. The molecule has 0 aliphatic carbocycles. The summed E-state index contributed by atoms with van der Waals surface area (Å²) in [6.45, 7) is 1.75. The van der Waals surface area contributed by atoms with Gasteiger partial charge in [-0.25, -0.2) is 0 Å². The maximum atomic E-state index is 12.2. The summed E-state index contributed by atoms with van der Waals surface area (Å²) in [6, 6.07) is 8.16. The Kier molecular flexibility index (Phi) is 4.06. The van der Waals surface area contributed by atoms with Gasteiger partial charge in [-0.1, -0.05) is 23.7 Å². The number of hydrogen-bond acceptors (Lipinski definition) is 3. The first-order chi connectivity index (χ1) is 9.51. The first kappa shape index (κ1) is 14.1. The summed E-state index contributed by atoms with van der Waals surface area (Å²) in [6.07, 6.45) is 1.62. The van der Waals surface area contributed by atoms with Gasteiger partial charge in [-0.05, 0) is 24.6 Å². The number of aryl methyl sites for hydroxylation is 2. The van der Waals surface area contributed by atoms with Crippen molar-refractivity contribution in [1.29, 1.82) is 5.26 Å². The lowest BCUT2D eigenvalue weighted by Gasteiger charge is -2.11. The Hall–Kier alpha value is -2.32. The Morgan fingerprint density at radius 2 is 2.30 bits per heavy atom. The minimum absolute atomic E-state index is 0.331. The molecule has 1 aromatic heterocycles. The van der Waals surface area contributed by atoms with Crippen LogP contribution in [0.1, 0.15) is 27.7 Å². The van der Waals surface area contributed by atoms with E-state index in [1.54, 1.807) is 49.1 Å². The van der Waals surface area contributed by atoms with Crippen molar-refractivity contribution in [3.05, 3.63) is 52.3 Å². The Morgan fingerprint density at radius 3 is 2.85 bits per heavy atom. The molecule has 0 aliphatic rings. The third-order valence-electron chi connectivity index (χ3n) is 2.84. The molecule has 0 spiro atoms. The van der Waals surface area contributed by atoms with E-state index in [4.69, 9.17) is 11.6 Å². The van der Waals surface area contributed by atoms with E-state index in [-0.39, 0.29) is 5.91 Å². The van der Waals surface area contributed by atoms with Crippen molar-refractivity contribution in [2.45, 2.75) is 13.0 Å². The van der Waals surface area contributed by atoms with E-state index in [0.717, 1.165) is 0 Å². The van der Waals surface area contributed by atoms with Crippen LogP contribution in [-0.2, 0) is 7.05 Å². The largest absolute Gasteiger partial charge is 0.332 e. The summed E-state index contributed by atoms with van der Waals surface area (Å²) in [7, 11) is 1.74. The third-order valence-corrected chi connectivity index (χ3v) is 3.08. The van der Waals surface area contributed by atoms with Crippen LogP contribution in [0.25, 0.3) is 0 Å². The number of carbonyl (C=O) groups is 1. The second-order valence-corrected chi connectivity index (χ2v) is 4.83. The molecule has 2 rings (SSSR count). The second kappa shape index (κ2) is 5.76. The SMILES string of the molecule is Cc1nn(C)cc1C(=O)NC(C#N)c1cccc(Cl)c1. The van der Waals surface area contributed by atoms with Crippen LogP contribution in [0.5, 0.6) is 0 Å². The average molecular weight is 289 g/mol. The molecule has 0 aliphatic heterocycles. The highest BCUT2D eigenvalue weighted by Gasteiger charge is 2.18. The molecule has 2 aromatic rings. The number of nitrogens with zero attached hydrogens (tertiary/aromatic N) is 3. The molecule has 1 aromatic carbocycles. The van der Waals surface area contributed by atoms with E-state index in [9.17, 15) is 10.1 Å². The molecule has 20 heavy (non-hydrogen) atoms. The molecule has 1 unspecified atom stereocenters. The van der Waals surface area contributed by atoms with E-state index in [1.165, 1.54) is 0 Å². The number of benzene rings is 1. The standard InChI is InChI=1S/C14H13ClN4O/c1-9-12(8-19(2)18-9)14(20)17-13(7-16)10-4-3-5-11(15)6-10/h3-6,8,13H,1-2H3,(H,17,20). The van der Waals surface area contributed by atoms with Crippen LogP contribution in [0.15, 0.2) is 30.5 Å². The highest BCUT2D eigenvalue weighted by atomic mass is 35.5. The first-order valence-corrected chi connectivity index (χ1v) is 6.35. The lowest BCUT2D eigenvalue weighted by atomic mass is 10.1. The molecule has 0 bridgehead atoms. The summed E-state index contributed by atoms with van der Waals surface area (Å²) in [5, 5.41) is 16.5. The van der Waals surface area contributed by atoms with Crippen molar-refractivity contribution in [1.82, 2.24) is 15.1 Å². The molecule has 0 saturated carbocycles. The van der Waals surface area contributed by atoms with Gasteiger partial charge >= 0.3 is 0 Å². The molecule has 1 amide bonds. The summed E-state index contributed by atoms with van der Waals surface area (Å²) in [5.41, 5.74) is 1.72. The lowest BCUT2D eigenvalue weighted by Crippen LogP contribution is -2.27. The van der Waals surface area contributed by atoms with E-state index < -0.39 is 6.04 Å². The van der Waals surface area contributed by atoms with Crippen LogP contribution in [0, 0.1) is 18.3 Å². The zero-order chi connectivity index (χ0) is 14.7. The number of nitriles is 1. The second-order valence-electron chi connectivity index (χ2n) is 4.39. The van der Waals surface area contributed by atoms with Gasteiger partial charge in [-0.15, -0.1) is 0 Å². The van der Waals surface area contributed by atoms with Gasteiger partial charge in [-0.2, -0.15) is 10.4 Å². The van der Waals surface area contributed by atoms with Gasteiger partial charge in [-0.3, -0.25) is 9.48 Å². The minimum Gasteiger partial charge on any atom is -0.332 e. The lowest BCUT2D eigenvalue weighted by molar-refractivity contribution is 0.0944. The molecule has 1 heterocycles. The Labute approximate surface area is 121 Å². The number of amides is 1. The smallest absolute Gasteiger partial charge is 0.256 e.